The van der Waals surface area contributed by atoms with Gasteiger partial charge in [0.05, 0.1) is 25.9 Å². The Morgan fingerprint density at radius 2 is 0.631 bits per heavy atom. The first kappa shape index (κ1) is 45.9. The molecule has 3 atom stereocenters. The summed E-state index contributed by atoms with van der Waals surface area (Å²) in [5.41, 5.74) is 9.13. The molecule has 0 aliphatic carbocycles. The Morgan fingerprint density at radius 3 is 0.892 bits per heavy atom. The highest BCUT2D eigenvalue weighted by atomic mass is 16.6. The zero-order valence-electron chi connectivity index (χ0n) is 39.4. The summed E-state index contributed by atoms with van der Waals surface area (Å²) in [7, 11) is 0. The number of ether oxygens (including phenoxy) is 6. The molecule has 2 saturated heterocycles. The molecule has 1 N–H and O–H groups in total. The molecule has 6 aromatic carbocycles. The molecule has 340 valence electrons. The van der Waals surface area contributed by atoms with Crippen molar-refractivity contribution in [2.45, 2.75) is 102 Å². The highest BCUT2D eigenvalue weighted by Gasteiger charge is 2.29. The van der Waals surface area contributed by atoms with E-state index < -0.39 is 6.10 Å². The van der Waals surface area contributed by atoms with Crippen LogP contribution < -0.4 is 18.9 Å². The smallest absolute Gasteiger partial charge is 0.119 e. The molecule has 2 aliphatic rings. The van der Waals surface area contributed by atoms with E-state index >= 15 is 0 Å². The molecule has 0 radical (unpaired) electrons. The van der Waals surface area contributed by atoms with Crippen molar-refractivity contribution in [3.05, 3.63) is 190 Å². The Kier molecular flexibility index (Phi) is 13.5. The molecule has 7 heteroatoms. The summed E-state index contributed by atoms with van der Waals surface area (Å²) in [5, 5.41) is 10.8. The van der Waals surface area contributed by atoms with Crippen LogP contribution in [0.25, 0.3) is 0 Å². The van der Waals surface area contributed by atoms with Gasteiger partial charge in [-0.1, -0.05) is 152 Å². The van der Waals surface area contributed by atoms with Crippen LogP contribution in [0.15, 0.2) is 146 Å². The third-order valence-electron chi connectivity index (χ3n) is 13.8. The number of aliphatic hydroxyl groups is 1. The van der Waals surface area contributed by atoms with E-state index in [1.54, 1.807) is 0 Å². The van der Waals surface area contributed by atoms with Crippen LogP contribution in [0, 0.1) is 0 Å². The molecule has 2 aliphatic heterocycles. The minimum atomic E-state index is -0.658. The molecule has 6 aromatic rings. The largest absolute Gasteiger partial charge is 0.493 e. The van der Waals surface area contributed by atoms with Gasteiger partial charge in [-0.05, 0) is 93.0 Å². The van der Waals surface area contributed by atoms with Crippen LogP contribution in [0.3, 0.4) is 0 Å². The first-order valence-corrected chi connectivity index (χ1v) is 23.2. The first-order chi connectivity index (χ1) is 31.1. The van der Waals surface area contributed by atoms with Gasteiger partial charge in [-0.15, -0.1) is 0 Å². The van der Waals surface area contributed by atoms with Crippen molar-refractivity contribution in [2.75, 3.05) is 39.6 Å². The number of hydrogen-bond donors (Lipinski definition) is 1. The van der Waals surface area contributed by atoms with Crippen LogP contribution >= 0.6 is 0 Å². The van der Waals surface area contributed by atoms with Gasteiger partial charge in [0.25, 0.3) is 0 Å². The van der Waals surface area contributed by atoms with Gasteiger partial charge >= 0.3 is 0 Å². The first-order valence-electron chi connectivity index (χ1n) is 23.2. The zero-order valence-corrected chi connectivity index (χ0v) is 39.4. The standard InChI is InChI=1S/C58H66O7/c1-55(2,40-9-11-42(12-10-40)57(5,6)46-21-29-51(30-22-46)62-36-53-38-64-53)44-17-25-49(26-18-44)60-34-33-48(59)35-61-50-27-19-45(20-28-50)56(3,4)41-13-15-43(16-14-41)58(7,8)47-23-31-52(32-24-47)63-37-54-39-65-54/h9-32,48,53-54,59H,33-39H2,1-8H3. The Hall–Kier alpha value is -5.60. The highest BCUT2D eigenvalue weighted by Crippen LogP contribution is 2.39. The van der Waals surface area contributed by atoms with Gasteiger partial charge in [0.2, 0.25) is 0 Å². The van der Waals surface area contributed by atoms with Crippen LogP contribution in [0.5, 0.6) is 23.0 Å². The van der Waals surface area contributed by atoms with Gasteiger partial charge in [-0.2, -0.15) is 0 Å². The van der Waals surface area contributed by atoms with Crippen LogP contribution in [-0.4, -0.2) is 63.1 Å². The van der Waals surface area contributed by atoms with Crippen molar-refractivity contribution in [1.29, 1.82) is 0 Å². The molecular weight excluding hydrogens is 809 g/mol. The van der Waals surface area contributed by atoms with Gasteiger partial charge < -0.3 is 33.5 Å². The molecule has 8 rings (SSSR count). The van der Waals surface area contributed by atoms with Gasteiger partial charge in [0.1, 0.15) is 55.0 Å². The molecule has 0 aromatic heterocycles. The number of benzene rings is 6. The van der Waals surface area contributed by atoms with Crippen molar-refractivity contribution < 1.29 is 33.5 Å². The van der Waals surface area contributed by atoms with E-state index in [-0.39, 0.29) is 40.5 Å². The van der Waals surface area contributed by atoms with E-state index in [1.807, 2.05) is 24.3 Å². The third-order valence-corrected chi connectivity index (χ3v) is 13.8. The van der Waals surface area contributed by atoms with Crippen molar-refractivity contribution in [2.24, 2.45) is 0 Å². The molecular formula is C58H66O7. The molecule has 0 amide bonds. The van der Waals surface area contributed by atoms with Gasteiger partial charge in [0.15, 0.2) is 0 Å². The lowest BCUT2D eigenvalue weighted by atomic mass is 9.74. The second-order valence-corrected chi connectivity index (χ2v) is 19.9. The fourth-order valence-electron chi connectivity index (χ4n) is 8.44. The lowest BCUT2D eigenvalue weighted by Gasteiger charge is -2.30. The summed E-state index contributed by atoms with van der Waals surface area (Å²) in [5.74, 6) is 3.25. The maximum atomic E-state index is 10.8. The van der Waals surface area contributed by atoms with Gasteiger partial charge in [-0.25, -0.2) is 0 Å². The summed E-state index contributed by atoms with van der Waals surface area (Å²) in [4.78, 5) is 0. The maximum Gasteiger partial charge on any atom is 0.119 e. The molecule has 0 bridgehead atoms. The van der Waals surface area contributed by atoms with Crippen molar-refractivity contribution in [3.63, 3.8) is 0 Å². The second-order valence-electron chi connectivity index (χ2n) is 19.9. The van der Waals surface area contributed by atoms with Crippen LogP contribution in [0.2, 0.25) is 0 Å². The molecule has 2 fully saturated rings. The lowest BCUT2D eigenvalue weighted by molar-refractivity contribution is 0.0857. The van der Waals surface area contributed by atoms with E-state index in [4.69, 9.17) is 28.4 Å². The van der Waals surface area contributed by atoms with Crippen molar-refractivity contribution in [1.82, 2.24) is 0 Å². The number of epoxide rings is 2. The minimum Gasteiger partial charge on any atom is -0.493 e. The van der Waals surface area contributed by atoms with Gasteiger partial charge in [0, 0.05) is 28.1 Å². The Morgan fingerprint density at radius 1 is 0.400 bits per heavy atom. The van der Waals surface area contributed by atoms with Gasteiger partial charge in [-0.3, -0.25) is 0 Å². The Labute approximate surface area is 386 Å². The molecule has 7 nitrogen and oxygen atoms in total. The fourth-order valence-corrected chi connectivity index (χ4v) is 8.44. The Balaban J connectivity index is 0.778. The summed E-state index contributed by atoms with van der Waals surface area (Å²) in [6.07, 6.45) is 0.287. The average Bonchev–Trinajstić information content (AvgIpc) is 4.27. The van der Waals surface area contributed by atoms with Crippen molar-refractivity contribution in [3.8, 4) is 23.0 Å². The van der Waals surface area contributed by atoms with E-state index in [1.165, 1.54) is 44.5 Å². The van der Waals surface area contributed by atoms with Crippen molar-refractivity contribution >= 4 is 0 Å². The molecule has 3 unspecified atom stereocenters. The van der Waals surface area contributed by atoms with E-state index in [2.05, 4.69) is 177 Å². The predicted octanol–water partition coefficient (Wildman–Crippen LogP) is 11.8. The van der Waals surface area contributed by atoms with E-state index in [0.717, 1.165) is 36.2 Å². The normalized spacial score (nSPS) is 16.7. The molecule has 0 spiro atoms. The minimum absolute atomic E-state index is 0.159. The summed E-state index contributed by atoms with van der Waals surface area (Å²) in [6.45, 7) is 21.4. The van der Waals surface area contributed by atoms with E-state index in [9.17, 15) is 5.11 Å². The number of hydrogen-bond acceptors (Lipinski definition) is 7. The fraction of sp³-hybridized carbons (Fsp3) is 0.379. The topological polar surface area (TPSA) is 82.2 Å². The lowest BCUT2D eigenvalue weighted by Crippen LogP contribution is -2.22. The quantitative estimate of drug-likeness (QED) is 0.0721. The summed E-state index contributed by atoms with van der Waals surface area (Å²) in [6, 6.07) is 51.4. The third kappa shape index (κ3) is 11.1. The zero-order chi connectivity index (χ0) is 45.8. The van der Waals surface area contributed by atoms with Crippen LogP contribution in [0.4, 0.5) is 0 Å². The number of aliphatic hydroxyl groups excluding tert-OH is 1. The highest BCUT2D eigenvalue weighted by molar-refractivity contribution is 5.47. The SMILES string of the molecule is CC(C)(c1ccc(OCCC(O)COc2ccc(C(C)(C)c3ccc(C(C)(C)c4ccc(OCC5CO5)cc4)cc3)cc2)cc1)c1ccc(C(C)(C)c2ccc(OCC3CO3)cc2)cc1. The monoisotopic (exact) mass is 874 g/mol. The van der Waals surface area contributed by atoms with E-state index in [0.29, 0.717) is 26.2 Å². The second kappa shape index (κ2) is 19.1. The Bertz CT molecular complexity index is 2440. The molecule has 65 heavy (non-hydrogen) atoms. The summed E-state index contributed by atoms with van der Waals surface area (Å²) < 4.78 is 34.3. The summed E-state index contributed by atoms with van der Waals surface area (Å²) >= 11 is 0. The van der Waals surface area contributed by atoms with Crippen LogP contribution in [-0.2, 0) is 31.1 Å². The predicted molar refractivity (Wildman–Crippen MR) is 259 cm³/mol. The van der Waals surface area contributed by atoms with Crippen LogP contribution in [0.1, 0.15) is 106 Å². The average molecular weight is 875 g/mol. The maximum absolute atomic E-state index is 10.8. The molecule has 2 heterocycles. The number of rotatable bonds is 21. The molecule has 0 saturated carbocycles.